The third kappa shape index (κ3) is 1.19. The Kier molecular flexibility index (Phi) is 1.52. The normalized spacial score (nSPS) is 22.8. The first-order valence-corrected chi connectivity index (χ1v) is 2.93. The van der Waals surface area contributed by atoms with Gasteiger partial charge in [-0.1, -0.05) is 0 Å². The van der Waals surface area contributed by atoms with Crippen molar-refractivity contribution in [3.8, 4) is 0 Å². The van der Waals surface area contributed by atoms with E-state index in [2.05, 4.69) is 0 Å². The predicted molar refractivity (Wildman–Crippen MR) is 28.5 cm³/mol. The Morgan fingerprint density at radius 3 is 2.38 bits per heavy atom. The Morgan fingerprint density at radius 1 is 1.75 bits per heavy atom. The van der Waals surface area contributed by atoms with Gasteiger partial charge in [-0.25, -0.2) is 4.39 Å². The van der Waals surface area contributed by atoms with Crippen LogP contribution in [0.1, 0.15) is 12.8 Å². The molecule has 0 aliphatic heterocycles. The van der Waals surface area contributed by atoms with Crippen molar-refractivity contribution in [1.29, 1.82) is 0 Å². The maximum Gasteiger partial charge on any atom is 0.256 e. The molecule has 1 saturated carbocycles. The van der Waals surface area contributed by atoms with Gasteiger partial charge in [-0.05, 0) is 30.4 Å². The summed E-state index contributed by atoms with van der Waals surface area (Å²) in [5.41, 5.74) is 0. The molecule has 0 radical (unpaired) electrons. The molecule has 0 heterocycles. The minimum atomic E-state index is -1.39. The molecule has 1 atom stereocenters. The van der Waals surface area contributed by atoms with Crippen molar-refractivity contribution in [1.82, 2.24) is 0 Å². The quantitative estimate of drug-likeness (QED) is 0.526. The molecule has 0 spiro atoms. The molecule has 8 heavy (non-hydrogen) atoms. The van der Waals surface area contributed by atoms with E-state index in [1.807, 2.05) is 0 Å². The lowest BCUT2D eigenvalue weighted by molar-refractivity contribution is -0.116. The third-order valence-corrected chi connectivity index (χ3v) is 1.46. The molecule has 1 rings (SSSR count). The van der Waals surface area contributed by atoms with E-state index in [4.69, 9.17) is 11.6 Å². The van der Waals surface area contributed by atoms with E-state index in [-0.39, 0.29) is 5.92 Å². The van der Waals surface area contributed by atoms with Crippen LogP contribution in [0, 0.1) is 5.92 Å². The summed E-state index contributed by atoms with van der Waals surface area (Å²) >= 11 is 4.85. The predicted octanol–water partition coefficient (Wildman–Crippen LogP) is 1.50. The van der Waals surface area contributed by atoms with E-state index in [9.17, 15) is 9.18 Å². The zero-order valence-electron chi connectivity index (χ0n) is 4.23. The fourth-order valence-electron chi connectivity index (χ4n) is 0.574. The van der Waals surface area contributed by atoms with Gasteiger partial charge in [0.2, 0.25) is 0 Å². The van der Waals surface area contributed by atoms with Crippen molar-refractivity contribution < 1.29 is 9.18 Å². The van der Waals surface area contributed by atoms with Crippen LogP contribution in [0.25, 0.3) is 0 Å². The van der Waals surface area contributed by atoms with Gasteiger partial charge in [0, 0.05) is 0 Å². The second kappa shape index (κ2) is 2.02. The highest BCUT2D eigenvalue weighted by atomic mass is 35.5. The standard InChI is InChI=1S/C5H6ClFO/c6-5(8)4(7)3-1-2-3/h3-4H,1-2H2. The Balaban J connectivity index is 2.32. The minimum Gasteiger partial charge on any atom is -0.278 e. The van der Waals surface area contributed by atoms with Crippen molar-refractivity contribution in [3.63, 3.8) is 0 Å². The van der Waals surface area contributed by atoms with E-state index in [1.165, 1.54) is 0 Å². The minimum absolute atomic E-state index is 0.0556. The molecule has 1 unspecified atom stereocenters. The van der Waals surface area contributed by atoms with Gasteiger partial charge in [0.1, 0.15) is 0 Å². The van der Waals surface area contributed by atoms with Gasteiger partial charge in [0.05, 0.1) is 0 Å². The topological polar surface area (TPSA) is 17.1 Å². The fourth-order valence-corrected chi connectivity index (χ4v) is 0.752. The number of halogens is 2. The van der Waals surface area contributed by atoms with Crippen LogP contribution in [0.3, 0.4) is 0 Å². The smallest absolute Gasteiger partial charge is 0.256 e. The second-order valence-electron chi connectivity index (χ2n) is 2.04. The lowest BCUT2D eigenvalue weighted by atomic mass is 10.3. The molecule has 0 aromatic carbocycles. The molecule has 1 nitrogen and oxygen atoms in total. The molecule has 3 heteroatoms. The zero-order valence-corrected chi connectivity index (χ0v) is 4.99. The van der Waals surface area contributed by atoms with Crippen molar-refractivity contribution in [2.75, 3.05) is 0 Å². The number of hydrogen-bond donors (Lipinski definition) is 0. The van der Waals surface area contributed by atoms with E-state index in [0.717, 1.165) is 12.8 Å². The molecule has 0 bridgehead atoms. The Morgan fingerprint density at radius 2 is 2.25 bits per heavy atom. The Hall–Kier alpha value is -0.110. The highest BCUT2D eigenvalue weighted by molar-refractivity contribution is 6.64. The first-order valence-electron chi connectivity index (χ1n) is 2.55. The molecule has 0 aromatic heterocycles. The van der Waals surface area contributed by atoms with E-state index in [1.54, 1.807) is 0 Å². The molecule has 1 aliphatic rings. The van der Waals surface area contributed by atoms with Crippen LogP contribution >= 0.6 is 11.6 Å². The Bertz CT molecular complexity index is 111. The maximum atomic E-state index is 12.2. The van der Waals surface area contributed by atoms with Gasteiger partial charge in [0.15, 0.2) is 6.17 Å². The molecule has 0 N–H and O–H groups in total. The molecule has 0 saturated heterocycles. The summed E-state index contributed by atoms with van der Waals surface area (Å²) in [5.74, 6) is -0.0556. The summed E-state index contributed by atoms with van der Waals surface area (Å²) in [6, 6.07) is 0. The third-order valence-electron chi connectivity index (χ3n) is 1.25. The average molecular weight is 137 g/mol. The van der Waals surface area contributed by atoms with Crippen LogP contribution in [0.15, 0.2) is 0 Å². The van der Waals surface area contributed by atoms with Gasteiger partial charge >= 0.3 is 0 Å². The van der Waals surface area contributed by atoms with Gasteiger partial charge in [-0.3, -0.25) is 4.79 Å². The summed E-state index contributed by atoms with van der Waals surface area (Å²) in [7, 11) is 0. The highest BCUT2D eigenvalue weighted by Gasteiger charge is 2.35. The van der Waals surface area contributed by atoms with Crippen LogP contribution < -0.4 is 0 Å². The van der Waals surface area contributed by atoms with Gasteiger partial charge < -0.3 is 0 Å². The molecule has 1 fully saturated rings. The van der Waals surface area contributed by atoms with Crippen LogP contribution in [-0.2, 0) is 4.79 Å². The fraction of sp³-hybridized carbons (Fsp3) is 0.800. The molecule has 46 valence electrons. The summed E-state index contributed by atoms with van der Waals surface area (Å²) in [5, 5.41) is -0.840. The van der Waals surface area contributed by atoms with Crippen LogP contribution in [0.5, 0.6) is 0 Å². The molecule has 0 aromatic rings. The first kappa shape index (κ1) is 6.02. The summed E-state index contributed by atoms with van der Waals surface area (Å²) in [6.07, 6.45) is 0.246. The number of rotatable bonds is 2. The van der Waals surface area contributed by atoms with Crippen molar-refractivity contribution in [2.45, 2.75) is 19.0 Å². The molecule has 0 amide bonds. The summed E-state index contributed by atoms with van der Waals surface area (Å²) in [4.78, 5) is 10.0. The first-order chi connectivity index (χ1) is 3.72. The van der Waals surface area contributed by atoms with E-state index < -0.39 is 11.4 Å². The highest BCUT2D eigenvalue weighted by Crippen LogP contribution is 2.35. The Labute approximate surface area is 51.8 Å². The number of alkyl halides is 1. The van der Waals surface area contributed by atoms with Crippen LogP contribution in [-0.4, -0.2) is 11.4 Å². The number of carbonyl (C=O) groups excluding carboxylic acids is 1. The van der Waals surface area contributed by atoms with Crippen LogP contribution in [0.4, 0.5) is 4.39 Å². The van der Waals surface area contributed by atoms with Crippen molar-refractivity contribution in [2.24, 2.45) is 5.92 Å². The van der Waals surface area contributed by atoms with Gasteiger partial charge in [-0.15, -0.1) is 0 Å². The second-order valence-corrected chi connectivity index (χ2v) is 2.42. The van der Waals surface area contributed by atoms with Crippen molar-refractivity contribution in [3.05, 3.63) is 0 Å². The molecule has 1 aliphatic carbocycles. The van der Waals surface area contributed by atoms with E-state index >= 15 is 0 Å². The monoisotopic (exact) mass is 136 g/mol. The zero-order chi connectivity index (χ0) is 6.15. The van der Waals surface area contributed by atoms with E-state index in [0.29, 0.717) is 0 Å². The van der Waals surface area contributed by atoms with Crippen LogP contribution in [0.2, 0.25) is 0 Å². The largest absolute Gasteiger partial charge is 0.278 e. The van der Waals surface area contributed by atoms with Crippen molar-refractivity contribution >= 4 is 16.8 Å². The van der Waals surface area contributed by atoms with Gasteiger partial charge in [-0.2, -0.15) is 0 Å². The maximum absolute atomic E-state index is 12.2. The SMILES string of the molecule is O=C(Cl)C(F)C1CC1. The number of hydrogen-bond acceptors (Lipinski definition) is 1. The molecular weight excluding hydrogens is 131 g/mol. The number of carbonyl (C=O) groups is 1. The molecular formula is C5H6ClFO. The lowest BCUT2D eigenvalue weighted by Crippen LogP contribution is -2.10. The summed E-state index contributed by atoms with van der Waals surface area (Å²) in [6.45, 7) is 0. The lowest BCUT2D eigenvalue weighted by Gasteiger charge is -1.94. The average Bonchev–Trinajstić information content (AvgIpc) is 2.43. The van der Waals surface area contributed by atoms with Gasteiger partial charge in [0.25, 0.3) is 5.24 Å². The summed E-state index contributed by atoms with van der Waals surface area (Å²) < 4.78 is 12.2.